The molecule has 0 saturated carbocycles. The lowest BCUT2D eigenvalue weighted by atomic mass is 9.99. The molecule has 1 unspecified atom stereocenters. The van der Waals surface area contributed by atoms with Gasteiger partial charge in [-0.15, -0.1) is 0 Å². The van der Waals surface area contributed by atoms with Gasteiger partial charge in [-0.2, -0.15) is 0 Å². The molecule has 0 fully saturated rings. The second-order valence-electron chi connectivity index (χ2n) is 4.29. The molecule has 0 spiro atoms. The average molecular weight is 259 g/mol. The van der Waals surface area contributed by atoms with Crippen molar-refractivity contribution in [2.75, 3.05) is 13.7 Å². The van der Waals surface area contributed by atoms with E-state index in [9.17, 15) is 9.90 Å². The molecule has 2 aromatic carbocycles. The average Bonchev–Trinajstić information content (AvgIpc) is 2.46. The van der Waals surface area contributed by atoms with Crippen LogP contribution in [0.2, 0.25) is 0 Å². The quantitative estimate of drug-likeness (QED) is 0.887. The van der Waals surface area contributed by atoms with Crippen LogP contribution in [0.5, 0.6) is 0 Å². The highest BCUT2D eigenvalue weighted by atomic mass is 16.5. The van der Waals surface area contributed by atoms with Crippen LogP contribution in [0.1, 0.15) is 18.1 Å². The molecule has 0 aromatic heterocycles. The Morgan fingerprint density at radius 2 is 2.00 bits per heavy atom. The van der Waals surface area contributed by atoms with Crippen molar-refractivity contribution in [2.45, 2.75) is 12.5 Å². The molecule has 2 aromatic rings. The predicted molar refractivity (Wildman–Crippen MR) is 73.9 cm³/mol. The summed E-state index contributed by atoms with van der Waals surface area (Å²) in [6.45, 7) is 0.372. The molecule has 0 saturated heterocycles. The van der Waals surface area contributed by atoms with Crippen molar-refractivity contribution in [1.29, 1.82) is 0 Å². The van der Waals surface area contributed by atoms with E-state index in [1.54, 1.807) is 0 Å². The molecule has 0 radical (unpaired) electrons. The Hall–Kier alpha value is -2.07. The molecule has 0 aliphatic carbocycles. The molecule has 0 bridgehead atoms. The maximum atomic E-state index is 10.9. The Kier molecular flexibility index (Phi) is 4.36. The van der Waals surface area contributed by atoms with E-state index >= 15 is 0 Å². The van der Waals surface area contributed by atoms with Gasteiger partial charge < -0.3 is 15.2 Å². The molecule has 4 heteroatoms. The summed E-state index contributed by atoms with van der Waals surface area (Å²) in [4.78, 5) is 10.9. The minimum absolute atomic E-state index is 0.372. The first-order valence-corrected chi connectivity index (χ1v) is 6.20. The molecule has 0 heterocycles. The second kappa shape index (κ2) is 6.20. The Morgan fingerprint density at radius 3 is 2.79 bits per heavy atom. The molecule has 2 N–H and O–H groups in total. The smallest absolute Gasteiger partial charge is 0.406 e. The minimum Gasteiger partial charge on any atom is -0.453 e. The molecule has 19 heavy (non-hydrogen) atoms. The summed E-state index contributed by atoms with van der Waals surface area (Å²) < 4.78 is 4.48. The highest BCUT2D eigenvalue weighted by molar-refractivity contribution is 5.85. The van der Waals surface area contributed by atoms with Gasteiger partial charge in [-0.3, -0.25) is 0 Å². The zero-order valence-electron chi connectivity index (χ0n) is 10.8. The number of nitrogens with one attached hydrogen (secondary N) is 1. The van der Waals surface area contributed by atoms with Crippen molar-refractivity contribution in [3.8, 4) is 0 Å². The summed E-state index contributed by atoms with van der Waals surface area (Å²) in [7, 11) is 1.32. The lowest BCUT2D eigenvalue weighted by molar-refractivity contribution is 0.155. The van der Waals surface area contributed by atoms with Crippen LogP contribution in [0.15, 0.2) is 42.5 Å². The molecular formula is C15H17NO3. The zero-order chi connectivity index (χ0) is 13.7. The van der Waals surface area contributed by atoms with Gasteiger partial charge in [0, 0.05) is 6.54 Å². The Bertz CT molecular complexity index is 563. The maximum Gasteiger partial charge on any atom is 0.406 e. The topological polar surface area (TPSA) is 58.6 Å². The van der Waals surface area contributed by atoms with Crippen LogP contribution < -0.4 is 5.32 Å². The summed E-state index contributed by atoms with van der Waals surface area (Å²) in [6, 6.07) is 13.8. The van der Waals surface area contributed by atoms with Gasteiger partial charge in [-0.05, 0) is 22.8 Å². The van der Waals surface area contributed by atoms with E-state index in [4.69, 9.17) is 0 Å². The molecule has 2 rings (SSSR count). The Morgan fingerprint density at radius 1 is 1.26 bits per heavy atom. The number of amides is 1. The summed E-state index contributed by atoms with van der Waals surface area (Å²) >= 11 is 0. The van der Waals surface area contributed by atoms with Crippen LogP contribution in [-0.2, 0) is 4.74 Å². The van der Waals surface area contributed by atoms with Crippen LogP contribution in [-0.4, -0.2) is 24.9 Å². The van der Waals surface area contributed by atoms with E-state index in [0.29, 0.717) is 13.0 Å². The number of ether oxygens (including phenoxy) is 1. The van der Waals surface area contributed by atoms with Crippen molar-refractivity contribution in [3.05, 3.63) is 48.0 Å². The van der Waals surface area contributed by atoms with E-state index in [2.05, 4.69) is 10.1 Å². The first kappa shape index (κ1) is 13.4. The standard InChI is InChI=1S/C15H17NO3/c1-19-15(18)16-10-9-14(17)13-8-4-6-11-5-2-3-7-12(11)13/h2-8,14,17H,9-10H2,1H3,(H,16,18). The number of aliphatic hydroxyl groups is 1. The number of hydrogen-bond acceptors (Lipinski definition) is 3. The van der Waals surface area contributed by atoms with Crippen molar-refractivity contribution in [3.63, 3.8) is 0 Å². The molecule has 0 aliphatic heterocycles. The fraction of sp³-hybridized carbons (Fsp3) is 0.267. The molecule has 4 nitrogen and oxygen atoms in total. The molecular weight excluding hydrogens is 242 g/mol. The van der Waals surface area contributed by atoms with Crippen LogP contribution >= 0.6 is 0 Å². The van der Waals surface area contributed by atoms with Gasteiger partial charge in [0.25, 0.3) is 0 Å². The number of benzene rings is 2. The summed E-state index contributed by atoms with van der Waals surface area (Å²) in [5.41, 5.74) is 0.879. The summed E-state index contributed by atoms with van der Waals surface area (Å²) in [5, 5.41) is 14.9. The van der Waals surface area contributed by atoms with Crippen molar-refractivity contribution < 1.29 is 14.6 Å². The predicted octanol–water partition coefficient (Wildman–Crippen LogP) is 2.62. The first-order valence-electron chi connectivity index (χ1n) is 6.20. The fourth-order valence-corrected chi connectivity index (χ4v) is 2.08. The number of carbonyl (C=O) groups is 1. The largest absolute Gasteiger partial charge is 0.453 e. The zero-order valence-corrected chi connectivity index (χ0v) is 10.8. The third kappa shape index (κ3) is 3.23. The van der Waals surface area contributed by atoms with E-state index in [1.807, 2.05) is 42.5 Å². The van der Waals surface area contributed by atoms with Crippen LogP contribution in [0, 0.1) is 0 Å². The van der Waals surface area contributed by atoms with Crippen LogP contribution in [0.4, 0.5) is 4.79 Å². The van der Waals surface area contributed by atoms with Gasteiger partial charge in [0.05, 0.1) is 13.2 Å². The first-order chi connectivity index (χ1) is 9.22. The van der Waals surface area contributed by atoms with Crippen molar-refractivity contribution in [1.82, 2.24) is 5.32 Å². The fourth-order valence-electron chi connectivity index (χ4n) is 2.08. The second-order valence-corrected chi connectivity index (χ2v) is 4.29. The number of methoxy groups -OCH3 is 1. The van der Waals surface area contributed by atoms with Gasteiger partial charge in [-0.1, -0.05) is 42.5 Å². The number of alkyl carbamates (subject to hydrolysis) is 1. The Labute approximate surface area is 112 Å². The van der Waals surface area contributed by atoms with Gasteiger partial charge in [0.2, 0.25) is 0 Å². The summed E-state index contributed by atoms with van der Waals surface area (Å²) in [6.07, 6.45) is -0.642. The number of rotatable bonds is 4. The van der Waals surface area contributed by atoms with Gasteiger partial charge in [0.1, 0.15) is 0 Å². The Balaban J connectivity index is 2.09. The van der Waals surface area contributed by atoms with Crippen LogP contribution in [0.25, 0.3) is 10.8 Å². The van der Waals surface area contributed by atoms with Gasteiger partial charge in [0.15, 0.2) is 0 Å². The van der Waals surface area contributed by atoms with Crippen molar-refractivity contribution >= 4 is 16.9 Å². The van der Waals surface area contributed by atoms with E-state index in [-0.39, 0.29) is 0 Å². The maximum absolute atomic E-state index is 10.9. The molecule has 0 aliphatic rings. The minimum atomic E-state index is -0.608. The molecule has 1 amide bonds. The number of carbonyl (C=O) groups excluding carboxylic acids is 1. The summed E-state index contributed by atoms with van der Waals surface area (Å²) in [5.74, 6) is 0. The van der Waals surface area contributed by atoms with Gasteiger partial charge in [-0.25, -0.2) is 4.79 Å². The van der Waals surface area contributed by atoms with E-state index in [1.165, 1.54) is 7.11 Å². The third-order valence-corrected chi connectivity index (χ3v) is 3.05. The molecule has 1 atom stereocenters. The van der Waals surface area contributed by atoms with E-state index in [0.717, 1.165) is 16.3 Å². The van der Waals surface area contributed by atoms with E-state index < -0.39 is 12.2 Å². The van der Waals surface area contributed by atoms with Gasteiger partial charge >= 0.3 is 6.09 Å². The lowest BCUT2D eigenvalue weighted by Crippen LogP contribution is -2.25. The monoisotopic (exact) mass is 259 g/mol. The number of hydrogen-bond donors (Lipinski definition) is 2. The SMILES string of the molecule is COC(=O)NCCC(O)c1cccc2ccccc12. The normalized spacial score (nSPS) is 12.1. The highest BCUT2D eigenvalue weighted by Gasteiger charge is 2.11. The number of fused-ring (bicyclic) bond motifs is 1. The lowest BCUT2D eigenvalue weighted by Gasteiger charge is -2.14. The number of aliphatic hydroxyl groups excluding tert-OH is 1. The molecule has 100 valence electrons. The van der Waals surface area contributed by atoms with Crippen molar-refractivity contribution in [2.24, 2.45) is 0 Å². The third-order valence-electron chi connectivity index (χ3n) is 3.05. The van der Waals surface area contributed by atoms with Crippen LogP contribution in [0.3, 0.4) is 0 Å². The highest BCUT2D eigenvalue weighted by Crippen LogP contribution is 2.25.